The lowest BCUT2D eigenvalue weighted by atomic mass is 10.9. The zero-order valence-electron chi connectivity index (χ0n) is 17.1. The number of hydrogen-bond donors (Lipinski definition) is 0. The maximum absolute atomic E-state index is 6.28. The Kier molecular flexibility index (Phi) is 8.44. The highest BCUT2D eigenvalue weighted by atomic mass is 28.4. The Morgan fingerprint density at radius 3 is 0.750 bits per heavy atom. The summed E-state index contributed by atoms with van der Waals surface area (Å²) in [7, 11) is 6.19. The maximum Gasteiger partial charge on any atom is 0.529 e. The molecule has 0 aliphatic carbocycles. The summed E-state index contributed by atoms with van der Waals surface area (Å²) in [6.07, 6.45) is 0. The number of hydrogen-bond acceptors (Lipinski definition) is 4. The van der Waals surface area contributed by atoms with Crippen LogP contribution in [0.15, 0.2) is 0 Å². The molecule has 0 aromatic carbocycles. The fourth-order valence-corrected chi connectivity index (χ4v) is 26.4. The van der Waals surface area contributed by atoms with Gasteiger partial charge in [-0.05, 0) is 27.7 Å². The van der Waals surface area contributed by atoms with E-state index in [0.717, 1.165) is 42.3 Å². The maximum atomic E-state index is 6.28. The average Bonchev–Trinajstić information content (AvgIpc) is 2.35. The minimum atomic E-state index is -0.722. The standard InChI is InChI=1S/C12H40N4O4Si4/c1-9-17-13(5)21-14(6,18-10-2)23-16(8,20-12-4)24-15(7,22-13)19-11-3/h9-12,21-24H2,1-8H3/q+4. The molecule has 0 unspecified atom stereocenters. The van der Waals surface area contributed by atoms with Gasteiger partial charge in [0.15, 0.2) is 0 Å². The van der Waals surface area contributed by atoms with Gasteiger partial charge in [-0.25, -0.2) is 35.3 Å². The van der Waals surface area contributed by atoms with E-state index in [9.17, 15) is 0 Å². The van der Waals surface area contributed by atoms with Crippen molar-refractivity contribution in [3.63, 3.8) is 0 Å². The van der Waals surface area contributed by atoms with E-state index in [0.29, 0.717) is 0 Å². The molecule has 144 valence electrons. The largest absolute Gasteiger partial charge is 0.529 e. The van der Waals surface area contributed by atoms with Gasteiger partial charge in [0.25, 0.3) is 0 Å². The van der Waals surface area contributed by atoms with Gasteiger partial charge in [-0.15, -0.1) is 0 Å². The van der Waals surface area contributed by atoms with Gasteiger partial charge in [-0.2, -0.15) is 0 Å². The van der Waals surface area contributed by atoms with Gasteiger partial charge in [0, 0.05) is 0 Å². The molecule has 1 aliphatic rings. The quantitative estimate of drug-likeness (QED) is 0.413. The molecule has 1 saturated heterocycles. The summed E-state index contributed by atoms with van der Waals surface area (Å²) in [6, 6.07) is 0. The Hall–Kier alpha value is 0.548. The van der Waals surface area contributed by atoms with E-state index in [1.807, 2.05) is 0 Å². The third-order valence-electron chi connectivity index (χ3n) is 4.16. The monoisotopic (exact) mass is 416 g/mol. The summed E-state index contributed by atoms with van der Waals surface area (Å²) in [5, 5.41) is 0. The second-order valence-corrected chi connectivity index (χ2v) is 22.8. The number of rotatable bonds is 8. The molecule has 0 aromatic heterocycles. The van der Waals surface area contributed by atoms with Crippen LogP contribution in [0.2, 0.25) is 0 Å². The second-order valence-electron chi connectivity index (χ2n) is 7.42. The minimum absolute atomic E-state index is 0.722. The summed E-state index contributed by atoms with van der Waals surface area (Å²) in [4.78, 5) is 25.1. The van der Waals surface area contributed by atoms with Crippen molar-refractivity contribution in [2.45, 2.75) is 27.7 Å². The molecule has 0 N–H and O–H groups in total. The molecule has 0 aromatic rings. The predicted octanol–water partition coefficient (Wildman–Crippen LogP) is -2.41. The van der Waals surface area contributed by atoms with Gasteiger partial charge < -0.3 is 0 Å². The van der Waals surface area contributed by atoms with Crippen LogP contribution in [-0.4, -0.2) is 110 Å². The zero-order chi connectivity index (χ0) is 18.5. The summed E-state index contributed by atoms with van der Waals surface area (Å²) < 4.78 is 3.09. The molecule has 0 atom stereocenters. The van der Waals surface area contributed by atoms with E-state index in [1.54, 1.807) is 0 Å². The molecule has 8 nitrogen and oxygen atoms in total. The van der Waals surface area contributed by atoms with Crippen LogP contribution in [0, 0.1) is 0 Å². The first-order valence-electron chi connectivity index (χ1n) is 9.03. The lowest BCUT2D eigenvalue weighted by Crippen LogP contribution is -2.81. The fourth-order valence-electron chi connectivity index (χ4n) is 4.28. The molecule has 1 aliphatic heterocycles. The fraction of sp³-hybridized carbons (Fsp3) is 1.00. The van der Waals surface area contributed by atoms with E-state index in [-0.39, 0.29) is 0 Å². The molecule has 0 radical (unpaired) electrons. The third-order valence-corrected chi connectivity index (χ3v) is 15.2. The lowest BCUT2D eigenvalue weighted by molar-refractivity contribution is -1.10. The molecule has 1 fully saturated rings. The van der Waals surface area contributed by atoms with Crippen LogP contribution < -0.4 is 0 Å². The average molecular weight is 417 g/mol. The molecule has 1 heterocycles. The minimum Gasteiger partial charge on any atom is -0.233 e. The van der Waals surface area contributed by atoms with Crippen LogP contribution in [0.4, 0.5) is 0 Å². The highest BCUT2D eigenvalue weighted by Crippen LogP contribution is 2.21. The van der Waals surface area contributed by atoms with Crippen molar-refractivity contribution in [1.29, 1.82) is 0 Å². The first kappa shape index (κ1) is 22.6. The van der Waals surface area contributed by atoms with Gasteiger partial charge in [0.1, 0.15) is 0 Å². The van der Waals surface area contributed by atoms with Crippen molar-refractivity contribution < 1.29 is 35.3 Å². The summed E-state index contributed by atoms with van der Waals surface area (Å²) in [6.45, 7) is 11.4. The topological polar surface area (TPSA) is 36.9 Å². The number of hydroxylamine groups is 4. The number of quaternary nitrogens is 4. The van der Waals surface area contributed by atoms with E-state index < -0.39 is 39.4 Å². The van der Waals surface area contributed by atoms with Crippen LogP contribution in [-0.2, 0) is 19.4 Å². The zero-order valence-corrected chi connectivity index (χ0v) is 22.7. The van der Waals surface area contributed by atoms with Gasteiger partial charge in [0.2, 0.25) is 0 Å². The van der Waals surface area contributed by atoms with Gasteiger partial charge in [0.05, 0.1) is 54.6 Å². The van der Waals surface area contributed by atoms with Crippen molar-refractivity contribution in [3.8, 4) is 0 Å². The Balaban J connectivity index is 3.24. The Morgan fingerprint density at radius 1 is 0.458 bits per heavy atom. The van der Waals surface area contributed by atoms with Gasteiger partial charge >= 0.3 is 39.4 Å². The second kappa shape index (κ2) is 8.96. The van der Waals surface area contributed by atoms with Crippen LogP contribution in [0.3, 0.4) is 0 Å². The highest BCUT2D eigenvalue weighted by Gasteiger charge is 2.59. The van der Waals surface area contributed by atoms with Crippen LogP contribution >= 0.6 is 0 Å². The van der Waals surface area contributed by atoms with Crippen molar-refractivity contribution in [1.82, 2.24) is 0 Å². The highest BCUT2D eigenvalue weighted by molar-refractivity contribution is 6.46. The van der Waals surface area contributed by atoms with Crippen molar-refractivity contribution >= 4 is 39.4 Å². The lowest BCUT2D eigenvalue weighted by Gasteiger charge is -2.48. The summed E-state index contributed by atoms with van der Waals surface area (Å²) in [5.74, 6) is 0. The molecule has 12 heteroatoms. The predicted molar refractivity (Wildman–Crippen MR) is 105 cm³/mol. The van der Waals surface area contributed by atoms with Crippen LogP contribution in [0.5, 0.6) is 0 Å². The normalized spacial score (nSPS) is 45.0. The first-order valence-corrected chi connectivity index (χ1v) is 14.1. The first-order chi connectivity index (χ1) is 11.1. The van der Waals surface area contributed by atoms with E-state index in [2.05, 4.69) is 55.9 Å². The smallest absolute Gasteiger partial charge is 0.233 e. The SMILES string of the molecule is CCO[N+]1(C)[SiH2][N+](C)(OCC)[SiH2][N+](C)(OCC)[SiH2][N+](C)(OCC)[SiH2]1. The van der Waals surface area contributed by atoms with E-state index >= 15 is 0 Å². The molecular formula is C12H40N4O4Si4+4. The van der Waals surface area contributed by atoms with E-state index in [4.69, 9.17) is 19.4 Å². The van der Waals surface area contributed by atoms with Gasteiger partial charge in [-0.1, -0.05) is 0 Å². The van der Waals surface area contributed by atoms with Crippen LogP contribution in [0.1, 0.15) is 27.7 Å². The Labute approximate surface area is 157 Å². The molecule has 1 rings (SSSR count). The van der Waals surface area contributed by atoms with Crippen LogP contribution in [0.25, 0.3) is 0 Å². The molecule has 0 saturated carbocycles. The molecule has 0 spiro atoms. The van der Waals surface area contributed by atoms with Crippen molar-refractivity contribution in [3.05, 3.63) is 0 Å². The van der Waals surface area contributed by atoms with Crippen molar-refractivity contribution in [2.75, 3.05) is 54.6 Å². The Bertz CT molecular complexity index is 327. The Morgan fingerprint density at radius 2 is 0.625 bits per heavy atom. The molecule has 0 amide bonds. The molecule has 24 heavy (non-hydrogen) atoms. The van der Waals surface area contributed by atoms with E-state index in [1.165, 1.54) is 0 Å². The van der Waals surface area contributed by atoms with Crippen molar-refractivity contribution in [2.24, 2.45) is 0 Å². The summed E-state index contributed by atoms with van der Waals surface area (Å²) in [5.41, 5.74) is 0. The molecular weight excluding hydrogens is 377 g/mol. The summed E-state index contributed by atoms with van der Waals surface area (Å²) >= 11 is 0. The molecule has 0 bridgehead atoms. The third kappa shape index (κ3) is 6.37. The van der Waals surface area contributed by atoms with Gasteiger partial charge in [-0.3, -0.25) is 0 Å². The number of nitrogens with zero attached hydrogens (tertiary/aromatic N) is 4.